The number of hydrogen-bond acceptors (Lipinski definition) is 1. The van der Waals surface area contributed by atoms with Crippen molar-refractivity contribution in [2.45, 2.75) is 19.5 Å². The van der Waals surface area contributed by atoms with Crippen LogP contribution >= 0.6 is 0 Å². The smallest absolute Gasteiger partial charge is 0.161 e. The largest absolute Gasteiger partial charge is 0.306 e. The van der Waals surface area contributed by atoms with Crippen LogP contribution in [0.5, 0.6) is 0 Å². The summed E-state index contributed by atoms with van der Waals surface area (Å²) < 4.78 is 65.2. The normalized spacial score (nSPS) is 12.5. The molecule has 21 heavy (non-hydrogen) atoms. The monoisotopic (exact) mass is 301 g/mol. The molecule has 0 spiro atoms. The molecule has 0 fully saturated rings. The molecule has 0 heterocycles. The Morgan fingerprint density at radius 3 is 2.10 bits per heavy atom. The highest BCUT2D eigenvalue weighted by Crippen LogP contribution is 2.18. The number of nitrogens with one attached hydrogen (secondary N) is 1. The summed E-state index contributed by atoms with van der Waals surface area (Å²) in [4.78, 5) is 0. The second kappa shape index (κ2) is 6.22. The summed E-state index contributed by atoms with van der Waals surface area (Å²) in [7, 11) is 0. The molecule has 0 saturated heterocycles. The average Bonchev–Trinajstić information content (AvgIpc) is 2.44. The molecule has 0 bridgehead atoms. The molecule has 0 aliphatic heterocycles. The first-order valence-electron chi connectivity index (χ1n) is 6.20. The van der Waals surface area contributed by atoms with Crippen molar-refractivity contribution in [3.8, 4) is 0 Å². The molecule has 0 radical (unpaired) electrons. The van der Waals surface area contributed by atoms with Gasteiger partial charge in [-0.2, -0.15) is 0 Å². The maximum Gasteiger partial charge on any atom is 0.161 e. The molecule has 0 aliphatic rings. The maximum atomic E-state index is 13.4. The highest BCUT2D eigenvalue weighted by atomic mass is 19.2. The van der Waals surface area contributed by atoms with Crippen LogP contribution in [-0.4, -0.2) is 0 Å². The van der Waals surface area contributed by atoms with Gasteiger partial charge < -0.3 is 5.32 Å². The van der Waals surface area contributed by atoms with E-state index in [1.165, 1.54) is 6.07 Å². The van der Waals surface area contributed by atoms with Crippen LogP contribution in [0.1, 0.15) is 24.1 Å². The van der Waals surface area contributed by atoms with Gasteiger partial charge in [0.15, 0.2) is 23.3 Å². The third-order valence-electron chi connectivity index (χ3n) is 3.13. The van der Waals surface area contributed by atoms with Crippen LogP contribution < -0.4 is 5.32 Å². The average molecular weight is 301 g/mol. The summed E-state index contributed by atoms with van der Waals surface area (Å²) >= 11 is 0. The third-order valence-corrected chi connectivity index (χ3v) is 3.13. The zero-order valence-corrected chi connectivity index (χ0v) is 11.1. The molecule has 1 nitrogen and oxygen atoms in total. The van der Waals surface area contributed by atoms with E-state index in [1.807, 2.05) is 0 Å². The van der Waals surface area contributed by atoms with Crippen LogP contribution in [0.15, 0.2) is 30.3 Å². The van der Waals surface area contributed by atoms with Crippen molar-refractivity contribution < 1.29 is 22.0 Å². The van der Waals surface area contributed by atoms with Gasteiger partial charge in [0.05, 0.1) is 0 Å². The lowest BCUT2D eigenvalue weighted by molar-refractivity contribution is 0.480. The standard InChI is InChI=1S/C15H12F5N/c1-8(9-2-3-11(16)13(18)4-9)21-7-10-5-14(19)15(20)6-12(10)17/h2-6,8,21H,7H2,1H3. The Bertz CT molecular complexity index is 657. The summed E-state index contributed by atoms with van der Waals surface area (Å²) in [5.41, 5.74) is 0.403. The summed E-state index contributed by atoms with van der Waals surface area (Å²) in [5, 5.41) is 2.83. The first kappa shape index (κ1) is 15.4. The van der Waals surface area contributed by atoms with Crippen LogP contribution in [0.2, 0.25) is 0 Å². The molecule has 1 unspecified atom stereocenters. The van der Waals surface area contributed by atoms with Gasteiger partial charge >= 0.3 is 0 Å². The van der Waals surface area contributed by atoms with E-state index in [-0.39, 0.29) is 12.1 Å². The second-order valence-electron chi connectivity index (χ2n) is 4.63. The van der Waals surface area contributed by atoms with E-state index < -0.39 is 35.1 Å². The fraction of sp³-hybridized carbons (Fsp3) is 0.200. The van der Waals surface area contributed by atoms with E-state index in [9.17, 15) is 22.0 Å². The van der Waals surface area contributed by atoms with Crippen LogP contribution in [0, 0.1) is 29.1 Å². The second-order valence-corrected chi connectivity index (χ2v) is 4.63. The van der Waals surface area contributed by atoms with E-state index in [1.54, 1.807) is 6.92 Å². The van der Waals surface area contributed by atoms with Crippen molar-refractivity contribution in [1.82, 2.24) is 5.32 Å². The Kier molecular flexibility index (Phi) is 4.57. The van der Waals surface area contributed by atoms with Gasteiger partial charge in [0.2, 0.25) is 0 Å². The summed E-state index contributed by atoms with van der Waals surface area (Å²) in [5.74, 6) is -5.23. The highest BCUT2D eigenvalue weighted by molar-refractivity contribution is 5.23. The molecule has 0 aliphatic carbocycles. The molecule has 112 valence electrons. The van der Waals surface area contributed by atoms with Crippen molar-refractivity contribution in [2.24, 2.45) is 0 Å². The summed E-state index contributed by atoms with van der Waals surface area (Å²) in [6.07, 6.45) is 0. The number of halogens is 5. The fourth-order valence-corrected chi connectivity index (χ4v) is 1.86. The zero-order valence-electron chi connectivity index (χ0n) is 11.1. The minimum atomic E-state index is -1.26. The van der Waals surface area contributed by atoms with Gasteiger partial charge in [-0.3, -0.25) is 0 Å². The Labute approximate surface area is 118 Å². The predicted molar refractivity (Wildman–Crippen MR) is 67.9 cm³/mol. The van der Waals surface area contributed by atoms with E-state index in [2.05, 4.69) is 5.32 Å². The summed E-state index contributed by atoms with van der Waals surface area (Å²) in [6, 6.07) is 4.20. The number of rotatable bonds is 4. The van der Waals surface area contributed by atoms with Gasteiger partial charge in [-0.25, -0.2) is 22.0 Å². The lowest BCUT2D eigenvalue weighted by atomic mass is 10.1. The molecule has 0 saturated carbocycles. The minimum Gasteiger partial charge on any atom is -0.306 e. The summed E-state index contributed by atoms with van der Waals surface area (Å²) in [6.45, 7) is 1.58. The van der Waals surface area contributed by atoms with Gasteiger partial charge in [0.1, 0.15) is 5.82 Å². The lowest BCUT2D eigenvalue weighted by Crippen LogP contribution is -2.19. The van der Waals surface area contributed by atoms with Gasteiger partial charge in [-0.1, -0.05) is 6.07 Å². The van der Waals surface area contributed by atoms with Crippen LogP contribution in [-0.2, 0) is 6.54 Å². The van der Waals surface area contributed by atoms with Gasteiger partial charge in [-0.05, 0) is 30.7 Å². The van der Waals surface area contributed by atoms with Gasteiger partial charge in [0.25, 0.3) is 0 Å². The Balaban J connectivity index is 2.08. The Hall–Kier alpha value is -1.95. The van der Waals surface area contributed by atoms with Crippen molar-refractivity contribution >= 4 is 0 Å². The molecule has 2 rings (SSSR count). The van der Waals surface area contributed by atoms with E-state index in [0.717, 1.165) is 18.2 Å². The first-order valence-corrected chi connectivity index (χ1v) is 6.20. The molecular weight excluding hydrogens is 289 g/mol. The van der Waals surface area contributed by atoms with Crippen molar-refractivity contribution in [3.63, 3.8) is 0 Å². The Morgan fingerprint density at radius 1 is 0.810 bits per heavy atom. The minimum absolute atomic E-state index is 0.0525. The lowest BCUT2D eigenvalue weighted by Gasteiger charge is -2.15. The molecule has 1 atom stereocenters. The zero-order chi connectivity index (χ0) is 15.6. The molecule has 2 aromatic carbocycles. The molecule has 0 amide bonds. The SMILES string of the molecule is CC(NCc1cc(F)c(F)cc1F)c1ccc(F)c(F)c1. The quantitative estimate of drug-likeness (QED) is 0.658. The van der Waals surface area contributed by atoms with Crippen LogP contribution in [0.4, 0.5) is 22.0 Å². The molecular formula is C15H12F5N. The molecule has 2 aromatic rings. The number of benzene rings is 2. The van der Waals surface area contributed by atoms with E-state index in [0.29, 0.717) is 11.6 Å². The predicted octanol–water partition coefficient (Wildman–Crippen LogP) is 4.23. The van der Waals surface area contributed by atoms with E-state index >= 15 is 0 Å². The third kappa shape index (κ3) is 3.58. The topological polar surface area (TPSA) is 12.0 Å². The highest BCUT2D eigenvalue weighted by Gasteiger charge is 2.12. The number of hydrogen-bond donors (Lipinski definition) is 1. The maximum absolute atomic E-state index is 13.4. The van der Waals surface area contributed by atoms with Crippen LogP contribution in [0.25, 0.3) is 0 Å². The van der Waals surface area contributed by atoms with Gasteiger partial charge in [0, 0.05) is 24.2 Å². The fourth-order valence-electron chi connectivity index (χ4n) is 1.86. The Morgan fingerprint density at radius 2 is 1.43 bits per heavy atom. The van der Waals surface area contributed by atoms with Crippen molar-refractivity contribution in [2.75, 3.05) is 0 Å². The van der Waals surface area contributed by atoms with E-state index in [4.69, 9.17) is 0 Å². The molecule has 1 N–H and O–H groups in total. The van der Waals surface area contributed by atoms with Crippen molar-refractivity contribution in [1.29, 1.82) is 0 Å². The molecule has 6 heteroatoms. The van der Waals surface area contributed by atoms with Gasteiger partial charge in [-0.15, -0.1) is 0 Å². The van der Waals surface area contributed by atoms with Crippen LogP contribution in [0.3, 0.4) is 0 Å². The first-order chi connectivity index (χ1) is 9.88. The molecule has 0 aromatic heterocycles. The van der Waals surface area contributed by atoms with Crippen molar-refractivity contribution in [3.05, 3.63) is 70.5 Å².